The summed E-state index contributed by atoms with van der Waals surface area (Å²) in [7, 11) is 1.96. The minimum absolute atomic E-state index is 0.292. The molecule has 1 aromatic heterocycles. The molecule has 0 unspecified atom stereocenters. The van der Waals surface area contributed by atoms with Crippen molar-refractivity contribution in [3.63, 3.8) is 0 Å². The second kappa shape index (κ2) is 5.35. The van der Waals surface area contributed by atoms with E-state index >= 15 is 0 Å². The molecule has 0 spiro atoms. The first kappa shape index (κ1) is 14.1. The number of nitrogens with zero attached hydrogens (tertiary/aromatic N) is 3. The Hall–Kier alpha value is -1.32. The molecule has 1 amide bonds. The van der Waals surface area contributed by atoms with Gasteiger partial charge in [-0.1, -0.05) is 0 Å². The summed E-state index contributed by atoms with van der Waals surface area (Å²) in [5, 5.41) is 4.41. The van der Waals surface area contributed by atoms with Crippen molar-refractivity contribution in [2.75, 3.05) is 0 Å². The van der Waals surface area contributed by atoms with Gasteiger partial charge in [0.15, 0.2) is 0 Å². The van der Waals surface area contributed by atoms with Gasteiger partial charge >= 0.3 is 0 Å². The maximum Gasteiger partial charge on any atom is 0.223 e. The average Bonchev–Trinajstić information content (AvgIpc) is 3.08. The predicted molar refractivity (Wildman–Crippen MR) is 76.0 cm³/mol. The zero-order chi connectivity index (χ0) is 14.2. The Balaban J connectivity index is 1.99. The summed E-state index contributed by atoms with van der Waals surface area (Å²) < 4.78 is 1.90. The summed E-state index contributed by atoms with van der Waals surface area (Å²) in [4.78, 5) is 14.4. The molecule has 1 aliphatic rings. The molecule has 1 saturated carbocycles. The highest BCUT2D eigenvalue weighted by molar-refractivity contribution is 5.77. The van der Waals surface area contributed by atoms with Crippen molar-refractivity contribution >= 4 is 5.91 Å². The van der Waals surface area contributed by atoms with Crippen LogP contribution >= 0.6 is 0 Å². The maximum absolute atomic E-state index is 12.4. The summed E-state index contributed by atoms with van der Waals surface area (Å²) in [6.45, 7) is 8.31. The van der Waals surface area contributed by atoms with Gasteiger partial charge in [-0.15, -0.1) is 0 Å². The van der Waals surface area contributed by atoms with Crippen molar-refractivity contribution in [2.45, 2.75) is 65.5 Å². The highest BCUT2D eigenvalue weighted by Gasteiger charge is 2.33. The van der Waals surface area contributed by atoms with Crippen molar-refractivity contribution in [2.24, 2.45) is 7.05 Å². The van der Waals surface area contributed by atoms with Crippen molar-refractivity contribution in [3.8, 4) is 0 Å². The number of hydrogen-bond acceptors (Lipinski definition) is 2. The molecule has 1 heterocycles. The Kier molecular flexibility index (Phi) is 3.97. The summed E-state index contributed by atoms with van der Waals surface area (Å²) >= 11 is 0. The van der Waals surface area contributed by atoms with Crippen LogP contribution in [0.25, 0.3) is 0 Å². The molecule has 0 aromatic carbocycles. The first-order chi connectivity index (χ1) is 8.91. The molecule has 106 valence electrons. The van der Waals surface area contributed by atoms with Crippen LogP contribution in [0.1, 0.15) is 50.1 Å². The first-order valence-electron chi connectivity index (χ1n) is 7.22. The lowest BCUT2D eigenvalue weighted by molar-refractivity contribution is -0.133. The molecule has 1 aromatic rings. The Morgan fingerprint density at radius 1 is 1.42 bits per heavy atom. The third-order valence-corrected chi connectivity index (χ3v) is 4.03. The van der Waals surface area contributed by atoms with E-state index in [1.54, 1.807) is 0 Å². The van der Waals surface area contributed by atoms with Crippen LogP contribution in [0.2, 0.25) is 0 Å². The van der Waals surface area contributed by atoms with Gasteiger partial charge in [0, 0.05) is 31.2 Å². The predicted octanol–water partition coefficient (Wildman–Crippen LogP) is 2.37. The van der Waals surface area contributed by atoms with E-state index in [0.29, 0.717) is 24.4 Å². The van der Waals surface area contributed by atoms with Gasteiger partial charge in [0.25, 0.3) is 0 Å². The number of carbonyl (C=O) groups excluding carboxylic acids is 1. The molecule has 1 aliphatic carbocycles. The normalized spacial score (nSPS) is 15.1. The summed E-state index contributed by atoms with van der Waals surface area (Å²) in [6, 6.07) is 0.819. The van der Waals surface area contributed by atoms with E-state index in [1.165, 1.54) is 24.1 Å². The Morgan fingerprint density at radius 2 is 2.05 bits per heavy atom. The molecule has 1 fully saturated rings. The fourth-order valence-electron chi connectivity index (χ4n) is 2.81. The van der Waals surface area contributed by atoms with Gasteiger partial charge in [0.05, 0.1) is 5.69 Å². The van der Waals surface area contributed by atoms with Gasteiger partial charge < -0.3 is 4.90 Å². The molecule has 4 nitrogen and oxygen atoms in total. The van der Waals surface area contributed by atoms with Gasteiger partial charge in [0.1, 0.15) is 0 Å². The van der Waals surface area contributed by atoms with E-state index in [1.807, 2.05) is 18.7 Å². The molecular formula is C15H25N3O. The third kappa shape index (κ3) is 2.99. The van der Waals surface area contributed by atoms with E-state index in [-0.39, 0.29) is 0 Å². The lowest BCUT2D eigenvalue weighted by atomic mass is 10.1. The number of rotatable bonds is 5. The number of carbonyl (C=O) groups is 1. The standard InChI is InChI=1S/C15H25N3O/c1-10(2)18(13-6-7-13)15(19)9-8-14-11(3)16-17(5)12(14)4/h10,13H,6-9H2,1-5H3. The van der Waals surface area contributed by atoms with Crippen LogP contribution in [0.15, 0.2) is 0 Å². The van der Waals surface area contributed by atoms with E-state index in [9.17, 15) is 4.79 Å². The van der Waals surface area contributed by atoms with Gasteiger partial charge in [-0.05, 0) is 52.5 Å². The zero-order valence-corrected chi connectivity index (χ0v) is 12.7. The van der Waals surface area contributed by atoms with Crippen LogP contribution in [-0.2, 0) is 18.3 Å². The van der Waals surface area contributed by atoms with Crippen molar-refractivity contribution in [1.29, 1.82) is 0 Å². The maximum atomic E-state index is 12.4. The smallest absolute Gasteiger partial charge is 0.223 e. The van der Waals surface area contributed by atoms with Gasteiger partial charge in [-0.25, -0.2) is 0 Å². The average molecular weight is 263 g/mol. The Bertz CT molecular complexity index is 470. The molecule has 0 atom stereocenters. The molecule has 0 saturated heterocycles. The largest absolute Gasteiger partial charge is 0.337 e. The molecule has 4 heteroatoms. The third-order valence-electron chi connectivity index (χ3n) is 4.03. The molecule has 0 radical (unpaired) electrons. The number of amides is 1. The van der Waals surface area contributed by atoms with E-state index in [4.69, 9.17) is 0 Å². The van der Waals surface area contributed by atoms with Gasteiger partial charge in [0.2, 0.25) is 5.91 Å². The number of hydrogen-bond donors (Lipinski definition) is 0. The van der Waals surface area contributed by atoms with Crippen LogP contribution in [0.3, 0.4) is 0 Å². The molecule has 0 bridgehead atoms. The van der Waals surface area contributed by atoms with E-state index in [2.05, 4.69) is 30.8 Å². The van der Waals surface area contributed by atoms with Crippen molar-refractivity contribution in [1.82, 2.24) is 14.7 Å². The molecule has 19 heavy (non-hydrogen) atoms. The number of aryl methyl sites for hydroxylation is 2. The topological polar surface area (TPSA) is 38.1 Å². The van der Waals surface area contributed by atoms with Gasteiger partial charge in [-0.3, -0.25) is 9.48 Å². The fourth-order valence-corrected chi connectivity index (χ4v) is 2.81. The molecule has 2 rings (SSSR count). The molecule has 0 N–H and O–H groups in total. The minimum atomic E-state index is 0.292. The van der Waals surface area contributed by atoms with E-state index < -0.39 is 0 Å². The summed E-state index contributed by atoms with van der Waals surface area (Å²) in [5.74, 6) is 0.292. The zero-order valence-electron chi connectivity index (χ0n) is 12.7. The van der Waals surface area contributed by atoms with E-state index in [0.717, 1.165) is 12.1 Å². The summed E-state index contributed by atoms with van der Waals surface area (Å²) in [6.07, 6.45) is 3.76. The van der Waals surface area contributed by atoms with Gasteiger partial charge in [-0.2, -0.15) is 5.10 Å². The minimum Gasteiger partial charge on any atom is -0.337 e. The van der Waals surface area contributed by atoms with Crippen LogP contribution < -0.4 is 0 Å². The fraction of sp³-hybridized carbons (Fsp3) is 0.733. The van der Waals surface area contributed by atoms with Crippen molar-refractivity contribution in [3.05, 3.63) is 17.0 Å². The van der Waals surface area contributed by atoms with Crippen molar-refractivity contribution < 1.29 is 4.79 Å². The van der Waals surface area contributed by atoms with Crippen LogP contribution in [-0.4, -0.2) is 32.7 Å². The monoisotopic (exact) mass is 263 g/mol. The molecule has 0 aliphatic heterocycles. The lowest BCUT2D eigenvalue weighted by Gasteiger charge is -2.26. The van der Waals surface area contributed by atoms with Crippen LogP contribution in [0.4, 0.5) is 0 Å². The Labute approximate surface area is 115 Å². The first-order valence-corrected chi connectivity index (χ1v) is 7.22. The SMILES string of the molecule is Cc1nn(C)c(C)c1CCC(=O)N(C(C)C)C1CC1. The number of aromatic nitrogens is 2. The second-order valence-electron chi connectivity index (χ2n) is 5.90. The summed E-state index contributed by atoms with van der Waals surface area (Å²) in [5.41, 5.74) is 3.46. The van der Waals surface area contributed by atoms with Crippen LogP contribution in [0, 0.1) is 13.8 Å². The quantitative estimate of drug-likeness (QED) is 0.818. The van der Waals surface area contributed by atoms with Crippen LogP contribution in [0.5, 0.6) is 0 Å². The molecular weight excluding hydrogens is 238 g/mol. The highest BCUT2D eigenvalue weighted by atomic mass is 16.2. The second-order valence-corrected chi connectivity index (χ2v) is 5.90. The Morgan fingerprint density at radius 3 is 2.47 bits per heavy atom. The lowest BCUT2D eigenvalue weighted by Crippen LogP contribution is -2.38. The highest BCUT2D eigenvalue weighted by Crippen LogP contribution is 2.29.